The highest BCUT2D eigenvalue weighted by molar-refractivity contribution is 6.10. The summed E-state index contributed by atoms with van der Waals surface area (Å²) in [4.78, 5) is 9.60. The maximum atomic E-state index is 9.60. The lowest BCUT2D eigenvalue weighted by Gasteiger charge is -2.09. The van der Waals surface area contributed by atoms with Crippen molar-refractivity contribution in [3.05, 3.63) is 12.2 Å². The molecule has 5 heteroatoms. The molecule has 0 unspecified atom stereocenters. The monoisotopic (exact) mass is 220 g/mol. The number of carboxylic acid groups (broad SMARTS) is 1. The van der Waals surface area contributed by atoms with Crippen LogP contribution in [0.15, 0.2) is 12.2 Å². The standard InChI is InChI=1S/C5H14O2Si.C4H6O2/c1-3-6-5(8)7-4-2;1-3(2)4(5)6/h5H,3-4H2,1-2,8H3;1H2,2H3,(H,5,6). The average Bonchev–Trinajstić information content (AvgIpc) is 2.06. The third kappa shape index (κ3) is 13.9. The zero-order chi connectivity index (χ0) is 11.6. The van der Waals surface area contributed by atoms with Crippen LogP contribution < -0.4 is 0 Å². The van der Waals surface area contributed by atoms with Crippen molar-refractivity contribution in [2.75, 3.05) is 13.2 Å². The summed E-state index contributed by atoms with van der Waals surface area (Å²) in [5.74, 6) is -0.833. The maximum absolute atomic E-state index is 9.60. The summed E-state index contributed by atoms with van der Waals surface area (Å²) in [5, 5.41) is 7.89. The molecule has 0 aromatic heterocycles. The van der Waals surface area contributed by atoms with Crippen LogP contribution in [0, 0.1) is 0 Å². The number of hydrogen-bond donors (Lipinski definition) is 1. The molecule has 0 spiro atoms. The molecule has 14 heavy (non-hydrogen) atoms. The summed E-state index contributed by atoms with van der Waals surface area (Å²) >= 11 is 0. The minimum Gasteiger partial charge on any atom is -0.478 e. The summed E-state index contributed by atoms with van der Waals surface area (Å²) in [6.07, 6.45) is 0. The second-order valence-corrected chi connectivity index (χ2v) is 3.51. The third-order valence-electron chi connectivity index (χ3n) is 1.17. The van der Waals surface area contributed by atoms with Gasteiger partial charge in [0.15, 0.2) is 0 Å². The van der Waals surface area contributed by atoms with Gasteiger partial charge in [-0.1, -0.05) is 6.58 Å². The summed E-state index contributed by atoms with van der Waals surface area (Å²) in [6.45, 7) is 10.1. The van der Waals surface area contributed by atoms with E-state index in [1.807, 2.05) is 13.8 Å². The Kier molecular flexibility index (Phi) is 11.8. The number of carboxylic acids is 1. The van der Waals surface area contributed by atoms with Crippen LogP contribution in [0.4, 0.5) is 0 Å². The normalized spacial score (nSPS) is 9.43. The molecule has 1 N–H and O–H groups in total. The fourth-order valence-corrected chi connectivity index (χ4v) is 1.18. The second-order valence-electron chi connectivity index (χ2n) is 2.56. The molecule has 0 rings (SSSR count). The van der Waals surface area contributed by atoms with Crippen molar-refractivity contribution in [1.82, 2.24) is 0 Å². The number of hydrogen-bond acceptors (Lipinski definition) is 3. The summed E-state index contributed by atoms with van der Waals surface area (Å²) < 4.78 is 10.2. The first-order chi connectivity index (χ1) is 6.45. The summed E-state index contributed by atoms with van der Waals surface area (Å²) in [5.41, 5.74) is 0.176. The first-order valence-electron chi connectivity index (χ1n) is 4.57. The van der Waals surface area contributed by atoms with Gasteiger partial charge in [0, 0.05) is 18.8 Å². The Morgan fingerprint density at radius 2 is 1.71 bits per heavy atom. The van der Waals surface area contributed by atoms with Gasteiger partial charge in [-0.2, -0.15) is 0 Å². The van der Waals surface area contributed by atoms with Crippen LogP contribution in [-0.4, -0.2) is 40.4 Å². The van der Waals surface area contributed by atoms with Gasteiger partial charge in [-0.25, -0.2) is 4.79 Å². The predicted octanol–water partition coefficient (Wildman–Crippen LogP) is 0.355. The van der Waals surface area contributed by atoms with Gasteiger partial charge in [-0.15, -0.1) is 0 Å². The van der Waals surface area contributed by atoms with Gasteiger partial charge in [0.1, 0.15) is 5.91 Å². The van der Waals surface area contributed by atoms with Crippen LogP contribution in [0.3, 0.4) is 0 Å². The van der Waals surface area contributed by atoms with Gasteiger partial charge in [0.2, 0.25) is 0 Å². The minimum absolute atomic E-state index is 0.102. The SMILES string of the molecule is C=C(C)C(=O)O.CCOC([SiH3])OCC. The van der Waals surface area contributed by atoms with Gasteiger partial charge in [-0.3, -0.25) is 0 Å². The fourth-order valence-electron chi connectivity index (χ4n) is 0.518. The van der Waals surface area contributed by atoms with Crippen LogP contribution in [0.25, 0.3) is 0 Å². The minimum atomic E-state index is -0.935. The smallest absolute Gasteiger partial charge is 0.330 e. The van der Waals surface area contributed by atoms with E-state index in [1.165, 1.54) is 6.92 Å². The summed E-state index contributed by atoms with van der Waals surface area (Å²) in [7, 11) is 0.964. The molecule has 0 heterocycles. The Labute approximate surface area is 88.3 Å². The molecule has 0 bridgehead atoms. The molecule has 0 saturated carbocycles. The predicted molar refractivity (Wildman–Crippen MR) is 59.4 cm³/mol. The van der Waals surface area contributed by atoms with Crippen molar-refractivity contribution < 1.29 is 19.4 Å². The largest absolute Gasteiger partial charge is 0.478 e. The molecular formula is C9H20O4Si. The van der Waals surface area contributed by atoms with E-state index in [-0.39, 0.29) is 11.5 Å². The van der Waals surface area contributed by atoms with Gasteiger partial charge in [0.25, 0.3) is 0 Å². The van der Waals surface area contributed by atoms with E-state index >= 15 is 0 Å². The molecule has 0 amide bonds. The molecule has 0 aromatic carbocycles. The Morgan fingerprint density at radius 3 is 1.86 bits per heavy atom. The van der Waals surface area contributed by atoms with Gasteiger partial charge in [0.05, 0.1) is 10.2 Å². The zero-order valence-electron chi connectivity index (χ0n) is 9.37. The van der Waals surface area contributed by atoms with E-state index in [0.29, 0.717) is 0 Å². The average molecular weight is 220 g/mol. The molecule has 0 radical (unpaired) electrons. The lowest BCUT2D eigenvalue weighted by Crippen LogP contribution is -2.16. The lowest BCUT2D eigenvalue weighted by molar-refractivity contribution is -0.132. The molecular weight excluding hydrogens is 200 g/mol. The van der Waals surface area contributed by atoms with Gasteiger partial charge < -0.3 is 14.6 Å². The third-order valence-corrected chi connectivity index (χ3v) is 1.83. The van der Waals surface area contributed by atoms with E-state index < -0.39 is 5.97 Å². The summed E-state index contributed by atoms with van der Waals surface area (Å²) in [6, 6.07) is 0. The van der Waals surface area contributed by atoms with Crippen LogP contribution in [0.1, 0.15) is 20.8 Å². The highest BCUT2D eigenvalue weighted by atomic mass is 28.1. The van der Waals surface area contributed by atoms with E-state index in [9.17, 15) is 4.79 Å². The lowest BCUT2D eigenvalue weighted by atomic mass is 10.4. The first kappa shape index (κ1) is 15.8. The van der Waals surface area contributed by atoms with Crippen LogP contribution >= 0.6 is 0 Å². The van der Waals surface area contributed by atoms with E-state index in [1.54, 1.807) is 0 Å². The van der Waals surface area contributed by atoms with Crippen LogP contribution in [0.2, 0.25) is 0 Å². The van der Waals surface area contributed by atoms with Crippen molar-refractivity contribution in [3.63, 3.8) is 0 Å². The topological polar surface area (TPSA) is 55.8 Å². The molecule has 0 saturated heterocycles. The van der Waals surface area contributed by atoms with Crippen LogP contribution in [-0.2, 0) is 14.3 Å². The zero-order valence-corrected chi connectivity index (χ0v) is 11.4. The van der Waals surface area contributed by atoms with Crippen molar-refractivity contribution in [1.29, 1.82) is 0 Å². The quantitative estimate of drug-likeness (QED) is 0.413. The molecule has 84 valence electrons. The molecule has 0 atom stereocenters. The van der Waals surface area contributed by atoms with E-state index in [4.69, 9.17) is 14.6 Å². The van der Waals surface area contributed by atoms with Gasteiger partial charge in [-0.05, 0) is 20.8 Å². The van der Waals surface area contributed by atoms with E-state index in [0.717, 1.165) is 23.5 Å². The fraction of sp³-hybridized carbons (Fsp3) is 0.667. The molecule has 0 fully saturated rings. The molecule has 0 aromatic rings. The van der Waals surface area contributed by atoms with Crippen LogP contribution in [0.5, 0.6) is 0 Å². The van der Waals surface area contributed by atoms with Gasteiger partial charge >= 0.3 is 5.97 Å². The number of rotatable bonds is 5. The second kappa shape index (κ2) is 10.4. The highest BCUT2D eigenvalue weighted by Crippen LogP contribution is 1.86. The van der Waals surface area contributed by atoms with Crippen molar-refractivity contribution >= 4 is 16.2 Å². The molecule has 0 aliphatic rings. The highest BCUT2D eigenvalue weighted by Gasteiger charge is 1.94. The van der Waals surface area contributed by atoms with Crippen molar-refractivity contribution in [2.24, 2.45) is 0 Å². The molecule has 0 aliphatic heterocycles. The Bertz CT molecular complexity index is 152. The van der Waals surface area contributed by atoms with Crippen molar-refractivity contribution in [2.45, 2.75) is 26.7 Å². The Hall–Kier alpha value is -0.653. The molecule has 4 nitrogen and oxygen atoms in total. The number of aliphatic carboxylic acids is 1. The van der Waals surface area contributed by atoms with Crippen molar-refractivity contribution in [3.8, 4) is 0 Å². The number of ether oxygens (including phenoxy) is 2. The Balaban J connectivity index is 0. The molecule has 0 aliphatic carbocycles. The Morgan fingerprint density at radius 1 is 1.43 bits per heavy atom. The van der Waals surface area contributed by atoms with E-state index in [2.05, 4.69) is 6.58 Å². The number of carbonyl (C=O) groups is 1. The maximum Gasteiger partial charge on any atom is 0.330 e. The first-order valence-corrected chi connectivity index (χ1v) is 5.73.